The third-order valence-corrected chi connectivity index (χ3v) is 4.69. The van der Waals surface area contributed by atoms with Crippen LogP contribution in [0.4, 0.5) is 10.7 Å². The van der Waals surface area contributed by atoms with Gasteiger partial charge >= 0.3 is 6.03 Å². The predicted octanol–water partition coefficient (Wildman–Crippen LogP) is 1.71. The van der Waals surface area contributed by atoms with Gasteiger partial charge in [-0.25, -0.2) is 27.9 Å². The summed E-state index contributed by atoms with van der Waals surface area (Å²) in [5.41, 5.74) is 0.677. The van der Waals surface area contributed by atoms with Gasteiger partial charge in [-0.2, -0.15) is 0 Å². The fraction of sp³-hybridized carbons (Fsp3) is 0.125. The number of rotatable bonds is 3. The molecule has 2 heterocycles. The molecule has 3 aromatic rings. The van der Waals surface area contributed by atoms with Crippen LogP contribution in [0.2, 0.25) is 0 Å². The Hall–Kier alpha value is -3.27. The van der Waals surface area contributed by atoms with Crippen molar-refractivity contribution in [2.75, 3.05) is 5.32 Å². The Morgan fingerprint density at radius 3 is 2.46 bits per heavy atom. The van der Waals surface area contributed by atoms with Gasteiger partial charge in [0.05, 0.1) is 5.39 Å². The molecule has 3 rings (SSSR count). The lowest BCUT2D eigenvalue weighted by molar-refractivity contribution is 0.256. The number of hydrogen-bond donors (Lipinski definition) is 2. The van der Waals surface area contributed by atoms with Crippen LogP contribution in [0, 0.1) is 13.8 Å². The minimum Gasteiger partial charge on any atom is -0.463 e. The second-order valence-electron chi connectivity index (χ2n) is 5.46. The lowest BCUT2D eigenvalue weighted by atomic mass is 10.2. The summed E-state index contributed by atoms with van der Waals surface area (Å²) in [6.45, 7) is 3.41. The van der Waals surface area contributed by atoms with E-state index in [1.54, 1.807) is 36.8 Å². The van der Waals surface area contributed by atoms with E-state index in [1.807, 2.05) is 0 Å². The fourth-order valence-electron chi connectivity index (χ4n) is 2.33. The number of nitrogens with one attached hydrogen (secondary N) is 2. The quantitative estimate of drug-likeness (QED) is 0.713. The van der Waals surface area contributed by atoms with E-state index < -0.39 is 26.4 Å². The first-order valence-electron chi connectivity index (χ1n) is 7.43. The van der Waals surface area contributed by atoms with E-state index in [4.69, 9.17) is 4.42 Å². The van der Waals surface area contributed by atoms with Crippen molar-refractivity contribution in [2.45, 2.75) is 18.7 Å². The molecule has 0 saturated carbocycles. The number of amides is 2. The molecular formula is C16H14N4O5S. The van der Waals surface area contributed by atoms with Crippen molar-refractivity contribution in [3.63, 3.8) is 0 Å². The molecule has 0 aliphatic rings. The largest absolute Gasteiger partial charge is 0.463 e. The van der Waals surface area contributed by atoms with E-state index >= 15 is 0 Å². The molecule has 0 radical (unpaired) electrons. The fourth-order valence-corrected chi connectivity index (χ4v) is 3.27. The van der Waals surface area contributed by atoms with Crippen LogP contribution in [0.5, 0.6) is 0 Å². The first-order chi connectivity index (χ1) is 12.3. The number of fused-ring (bicyclic) bond motifs is 1. The average Bonchev–Trinajstić information content (AvgIpc) is 2.53. The summed E-state index contributed by atoms with van der Waals surface area (Å²) in [7, 11) is -4.45. The first kappa shape index (κ1) is 17.5. The number of nitrogens with zero attached hydrogens (tertiary/aromatic N) is 2. The third kappa shape index (κ3) is 3.54. The van der Waals surface area contributed by atoms with E-state index in [2.05, 4.69) is 15.3 Å². The zero-order chi connectivity index (χ0) is 18.9. The van der Waals surface area contributed by atoms with Crippen molar-refractivity contribution >= 4 is 33.0 Å². The van der Waals surface area contributed by atoms with Crippen molar-refractivity contribution in [1.82, 2.24) is 14.7 Å². The number of aryl methyl sites for hydroxylation is 2. The van der Waals surface area contributed by atoms with Crippen LogP contribution in [-0.4, -0.2) is 24.4 Å². The third-order valence-electron chi connectivity index (χ3n) is 3.37. The Balaban J connectivity index is 1.88. The molecule has 0 spiro atoms. The van der Waals surface area contributed by atoms with Gasteiger partial charge in [0.25, 0.3) is 10.0 Å². The van der Waals surface area contributed by atoms with Crippen molar-refractivity contribution in [3.8, 4) is 0 Å². The molecule has 0 saturated heterocycles. The van der Waals surface area contributed by atoms with Gasteiger partial charge in [0, 0.05) is 11.4 Å². The molecule has 0 atom stereocenters. The topological polar surface area (TPSA) is 131 Å². The number of aromatic nitrogens is 2. The maximum absolute atomic E-state index is 12.4. The second-order valence-corrected chi connectivity index (χ2v) is 7.11. The number of carbonyl (C=O) groups excluding carboxylic acids is 1. The van der Waals surface area contributed by atoms with Crippen molar-refractivity contribution in [2.24, 2.45) is 0 Å². The molecule has 134 valence electrons. The summed E-state index contributed by atoms with van der Waals surface area (Å²) in [4.78, 5) is 31.6. The highest BCUT2D eigenvalue weighted by Gasteiger charge is 2.23. The smallest absolute Gasteiger partial charge is 0.335 e. The van der Waals surface area contributed by atoms with E-state index in [0.29, 0.717) is 11.4 Å². The van der Waals surface area contributed by atoms with E-state index in [0.717, 1.165) is 6.26 Å². The molecule has 10 heteroatoms. The van der Waals surface area contributed by atoms with Gasteiger partial charge in [0.2, 0.25) is 11.4 Å². The minimum absolute atomic E-state index is 0.0549. The van der Waals surface area contributed by atoms with Crippen LogP contribution in [-0.2, 0) is 10.0 Å². The normalized spacial score (nSPS) is 11.3. The first-order valence-corrected chi connectivity index (χ1v) is 8.91. The summed E-state index contributed by atoms with van der Waals surface area (Å²) < 4.78 is 31.6. The molecule has 2 N–H and O–H groups in total. The molecule has 0 unspecified atom stereocenters. The Labute approximate surface area is 148 Å². The number of benzene rings is 1. The number of sulfonamides is 1. The SMILES string of the molecule is Cc1cc(C)nc(NC(=O)NS(=O)(=O)c2coc3ccccc3c2=O)n1. The van der Waals surface area contributed by atoms with Gasteiger partial charge in [-0.1, -0.05) is 12.1 Å². The van der Waals surface area contributed by atoms with Crippen molar-refractivity contribution in [1.29, 1.82) is 0 Å². The molecule has 0 aliphatic carbocycles. The second kappa shape index (κ2) is 6.56. The summed E-state index contributed by atoms with van der Waals surface area (Å²) >= 11 is 0. The van der Waals surface area contributed by atoms with Crippen molar-refractivity contribution < 1.29 is 17.6 Å². The average molecular weight is 374 g/mol. The Morgan fingerprint density at radius 2 is 1.77 bits per heavy atom. The Morgan fingerprint density at radius 1 is 1.12 bits per heavy atom. The van der Waals surface area contributed by atoms with E-state index in [9.17, 15) is 18.0 Å². The number of urea groups is 1. The summed E-state index contributed by atoms with van der Waals surface area (Å²) in [6, 6.07) is 6.79. The van der Waals surface area contributed by atoms with Crippen LogP contribution < -0.4 is 15.5 Å². The molecule has 26 heavy (non-hydrogen) atoms. The number of anilines is 1. The summed E-state index contributed by atoms with van der Waals surface area (Å²) in [5.74, 6) is -0.0549. The van der Waals surface area contributed by atoms with Crippen LogP contribution in [0.15, 0.2) is 50.7 Å². The van der Waals surface area contributed by atoms with Gasteiger partial charge < -0.3 is 4.42 Å². The molecule has 0 fully saturated rings. The minimum atomic E-state index is -4.45. The van der Waals surface area contributed by atoms with Gasteiger partial charge in [-0.3, -0.25) is 10.1 Å². The van der Waals surface area contributed by atoms with E-state index in [1.165, 1.54) is 12.1 Å². The lowest BCUT2D eigenvalue weighted by Crippen LogP contribution is -2.37. The molecule has 9 nitrogen and oxygen atoms in total. The highest BCUT2D eigenvalue weighted by atomic mass is 32.2. The molecule has 2 amide bonds. The van der Waals surface area contributed by atoms with Crippen LogP contribution in [0.1, 0.15) is 11.4 Å². The molecule has 0 aliphatic heterocycles. The lowest BCUT2D eigenvalue weighted by Gasteiger charge is -2.08. The zero-order valence-corrected chi connectivity index (χ0v) is 14.6. The maximum atomic E-state index is 12.4. The number of hydrogen-bond acceptors (Lipinski definition) is 7. The summed E-state index contributed by atoms with van der Waals surface area (Å²) in [5, 5.41) is 2.31. The van der Waals surface area contributed by atoms with Crippen LogP contribution in [0.3, 0.4) is 0 Å². The Kier molecular flexibility index (Phi) is 4.43. The summed E-state index contributed by atoms with van der Waals surface area (Å²) in [6.07, 6.45) is 0.799. The van der Waals surface area contributed by atoms with Gasteiger partial charge in [0.15, 0.2) is 4.90 Å². The van der Waals surface area contributed by atoms with Crippen molar-refractivity contribution in [3.05, 3.63) is 58.2 Å². The van der Waals surface area contributed by atoms with Gasteiger partial charge in [-0.05, 0) is 32.0 Å². The standard InChI is InChI=1S/C16H14N4O5S/c1-9-7-10(2)18-15(17-9)19-16(22)20-26(23,24)13-8-25-12-6-4-3-5-11(12)14(13)21/h3-8H,1-2H3,(H2,17,18,19,20,22). The maximum Gasteiger partial charge on any atom is 0.335 e. The molecule has 1 aromatic carbocycles. The highest BCUT2D eigenvalue weighted by molar-refractivity contribution is 7.90. The number of carbonyl (C=O) groups is 1. The Bertz CT molecular complexity index is 1150. The predicted molar refractivity (Wildman–Crippen MR) is 93.3 cm³/mol. The molecule has 0 bridgehead atoms. The van der Waals surface area contributed by atoms with Gasteiger partial charge in [-0.15, -0.1) is 0 Å². The number of para-hydroxylation sites is 1. The molecule has 2 aromatic heterocycles. The zero-order valence-electron chi connectivity index (χ0n) is 13.8. The highest BCUT2D eigenvalue weighted by Crippen LogP contribution is 2.13. The van der Waals surface area contributed by atoms with Crippen LogP contribution in [0.25, 0.3) is 11.0 Å². The monoisotopic (exact) mass is 374 g/mol. The van der Waals surface area contributed by atoms with Crippen LogP contribution >= 0.6 is 0 Å². The van der Waals surface area contributed by atoms with E-state index in [-0.39, 0.29) is 16.9 Å². The molecular weight excluding hydrogens is 360 g/mol. The van der Waals surface area contributed by atoms with Gasteiger partial charge in [0.1, 0.15) is 11.8 Å².